The molecule has 0 fully saturated rings. The molecule has 1 aromatic heterocycles. The maximum absolute atomic E-state index is 11.6. The fourth-order valence-electron chi connectivity index (χ4n) is 1.53. The van der Waals surface area contributed by atoms with Crippen LogP contribution in [0, 0.1) is 6.92 Å². The lowest BCUT2D eigenvalue weighted by molar-refractivity contribution is -0.109. The lowest BCUT2D eigenvalue weighted by Crippen LogP contribution is -2.36. The van der Waals surface area contributed by atoms with E-state index in [1.165, 1.54) is 0 Å². The first-order valence-electron chi connectivity index (χ1n) is 5.68. The Bertz CT molecular complexity index is 446. The molecule has 0 aliphatic rings. The van der Waals surface area contributed by atoms with Crippen molar-refractivity contribution in [3.05, 3.63) is 17.5 Å². The van der Waals surface area contributed by atoms with Gasteiger partial charge in [-0.3, -0.25) is 4.68 Å². The van der Waals surface area contributed by atoms with E-state index in [2.05, 4.69) is 10.4 Å². The Labute approximate surface area is 106 Å². The normalized spacial score (nSPS) is 12.9. The van der Waals surface area contributed by atoms with Crippen LogP contribution in [0.15, 0.2) is 6.07 Å². The number of aromatic nitrogens is 2. The predicted molar refractivity (Wildman–Crippen MR) is 66.1 cm³/mol. The molecule has 1 unspecified atom stereocenters. The van der Waals surface area contributed by atoms with Crippen molar-refractivity contribution in [2.45, 2.75) is 39.3 Å². The molecule has 0 spiro atoms. The van der Waals surface area contributed by atoms with E-state index in [1.54, 1.807) is 38.6 Å². The second-order valence-corrected chi connectivity index (χ2v) is 5.09. The summed E-state index contributed by atoms with van der Waals surface area (Å²) in [5.41, 5.74) is 0.804. The Morgan fingerprint density at radius 1 is 1.56 bits per heavy atom. The molecule has 0 aromatic carbocycles. The number of nitrogens with one attached hydrogen (secondary N) is 1. The van der Waals surface area contributed by atoms with Gasteiger partial charge in [-0.25, -0.2) is 4.79 Å². The number of nitrogens with zero attached hydrogens (tertiary/aromatic N) is 2. The number of hydrogen-bond acceptors (Lipinski definition) is 4. The standard InChI is InChI=1S/C12H19N3O3/c1-8-6-10(15(5)14-8)9(7-16)13-11(17)18-12(2,3)4/h6-7,9H,1-5H3,(H,13,17). The van der Waals surface area contributed by atoms with E-state index < -0.39 is 17.7 Å². The van der Waals surface area contributed by atoms with Crippen LogP contribution in [0.2, 0.25) is 0 Å². The molecular weight excluding hydrogens is 234 g/mol. The Morgan fingerprint density at radius 3 is 2.56 bits per heavy atom. The van der Waals surface area contributed by atoms with Crippen molar-refractivity contribution in [2.75, 3.05) is 0 Å². The van der Waals surface area contributed by atoms with E-state index in [1.807, 2.05) is 6.92 Å². The van der Waals surface area contributed by atoms with Gasteiger partial charge in [0.15, 0.2) is 0 Å². The first-order chi connectivity index (χ1) is 8.23. The molecular formula is C12H19N3O3. The molecule has 0 aliphatic carbocycles. The quantitative estimate of drug-likeness (QED) is 0.828. The van der Waals surface area contributed by atoms with Crippen LogP contribution in [0.25, 0.3) is 0 Å². The molecule has 1 atom stereocenters. The number of carbonyl (C=O) groups excluding carboxylic acids is 2. The summed E-state index contributed by atoms with van der Waals surface area (Å²) in [7, 11) is 1.72. The second-order valence-electron chi connectivity index (χ2n) is 5.09. The first-order valence-corrected chi connectivity index (χ1v) is 5.68. The van der Waals surface area contributed by atoms with Gasteiger partial charge in [-0.1, -0.05) is 0 Å². The van der Waals surface area contributed by atoms with Gasteiger partial charge in [0, 0.05) is 7.05 Å². The predicted octanol–water partition coefficient (Wildman–Crippen LogP) is 1.49. The van der Waals surface area contributed by atoms with Crippen LogP contribution in [0.3, 0.4) is 0 Å². The monoisotopic (exact) mass is 253 g/mol. The summed E-state index contributed by atoms with van der Waals surface area (Å²) >= 11 is 0. The third-order valence-electron chi connectivity index (χ3n) is 2.17. The molecule has 0 bridgehead atoms. The van der Waals surface area contributed by atoms with Crippen molar-refractivity contribution < 1.29 is 14.3 Å². The van der Waals surface area contributed by atoms with Crippen molar-refractivity contribution in [1.29, 1.82) is 0 Å². The van der Waals surface area contributed by atoms with Crippen LogP contribution in [0.5, 0.6) is 0 Å². The van der Waals surface area contributed by atoms with Crippen LogP contribution < -0.4 is 5.32 Å². The molecule has 0 saturated heterocycles. The number of hydrogen-bond donors (Lipinski definition) is 1. The molecule has 1 aromatic rings. The first kappa shape index (κ1) is 14.2. The smallest absolute Gasteiger partial charge is 0.408 e. The molecule has 1 rings (SSSR count). The molecule has 0 radical (unpaired) electrons. The number of aldehydes is 1. The molecule has 1 amide bonds. The average Bonchev–Trinajstić information content (AvgIpc) is 2.51. The van der Waals surface area contributed by atoms with Gasteiger partial charge in [0.2, 0.25) is 0 Å². The minimum absolute atomic E-state index is 0.597. The van der Waals surface area contributed by atoms with E-state index in [0.717, 1.165) is 5.69 Å². The highest BCUT2D eigenvalue weighted by molar-refractivity contribution is 5.74. The molecule has 6 nitrogen and oxygen atoms in total. The second kappa shape index (κ2) is 5.20. The van der Waals surface area contributed by atoms with E-state index >= 15 is 0 Å². The largest absolute Gasteiger partial charge is 0.444 e. The maximum Gasteiger partial charge on any atom is 0.408 e. The van der Waals surface area contributed by atoms with Crippen molar-refractivity contribution in [3.63, 3.8) is 0 Å². The summed E-state index contributed by atoms with van der Waals surface area (Å²) in [6.45, 7) is 7.10. The number of ether oxygens (including phenoxy) is 1. The highest BCUT2D eigenvalue weighted by atomic mass is 16.6. The molecule has 1 N–H and O–H groups in total. The summed E-state index contributed by atoms with van der Waals surface area (Å²) in [6.07, 6.45) is 0.0267. The van der Waals surface area contributed by atoms with Crippen LogP contribution in [-0.2, 0) is 16.6 Å². The Balaban J connectivity index is 2.77. The highest BCUT2D eigenvalue weighted by Gasteiger charge is 2.22. The Hall–Kier alpha value is -1.85. The number of rotatable bonds is 3. The fourth-order valence-corrected chi connectivity index (χ4v) is 1.53. The minimum atomic E-state index is -0.758. The summed E-state index contributed by atoms with van der Waals surface area (Å²) in [6, 6.07) is 0.988. The number of amides is 1. The lowest BCUT2D eigenvalue weighted by atomic mass is 10.2. The van der Waals surface area contributed by atoms with Crippen molar-refractivity contribution in [3.8, 4) is 0 Å². The van der Waals surface area contributed by atoms with E-state index in [9.17, 15) is 9.59 Å². The Morgan fingerprint density at radius 2 is 2.17 bits per heavy atom. The third-order valence-corrected chi connectivity index (χ3v) is 2.17. The van der Waals surface area contributed by atoms with Crippen LogP contribution in [-0.4, -0.2) is 27.8 Å². The SMILES string of the molecule is Cc1cc(C(C=O)NC(=O)OC(C)(C)C)n(C)n1. The lowest BCUT2D eigenvalue weighted by Gasteiger charge is -2.21. The summed E-state index contributed by atoms with van der Waals surface area (Å²) in [5.74, 6) is 0. The molecule has 0 aliphatic heterocycles. The van der Waals surface area contributed by atoms with Gasteiger partial charge < -0.3 is 14.8 Å². The van der Waals surface area contributed by atoms with Gasteiger partial charge in [0.05, 0.1) is 11.4 Å². The molecule has 18 heavy (non-hydrogen) atoms. The zero-order chi connectivity index (χ0) is 13.9. The van der Waals surface area contributed by atoms with Crippen molar-refractivity contribution in [2.24, 2.45) is 7.05 Å². The summed E-state index contributed by atoms with van der Waals surface area (Å²) < 4.78 is 6.66. The molecule has 100 valence electrons. The summed E-state index contributed by atoms with van der Waals surface area (Å²) in [5, 5.41) is 6.63. The third kappa shape index (κ3) is 3.87. The van der Waals surface area contributed by atoms with E-state index in [-0.39, 0.29) is 0 Å². The highest BCUT2D eigenvalue weighted by Crippen LogP contribution is 2.13. The van der Waals surface area contributed by atoms with E-state index in [0.29, 0.717) is 12.0 Å². The Kier molecular flexibility index (Phi) is 4.11. The minimum Gasteiger partial charge on any atom is -0.444 e. The zero-order valence-corrected chi connectivity index (χ0v) is 11.4. The van der Waals surface area contributed by atoms with Crippen LogP contribution >= 0.6 is 0 Å². The number of carbonyl (C=O) groups is 2. The van der Waals surface area contributed by atoms with Crippen molar-refractivity contribution in [1.82, 2.24) is 15.1 Å². The van der Waals surface area contributed by atoms with E-state index in [4.69, 9.17) is 4.74 Å². The van der Waals surface area contributed by atoms with Crippen molar-refractivity contribution >= 4 is 12.4 Å². The van der Waals surface area contributed by atoms with Crippen LogP contribution in [0.1, 0.15) is 38.2 Å². The summed E-state index contributed by atoms with van der Waals surface area (Å²) in [4.78, 5) is 22.7. The average molecular weight is 253 g/mol. The van der Waals surface area contributed by atoms with Gasteiger partial charge in [0.25, 0.3) is 0 Å². The van der Waals surface area contributed by atoms with Gasteiger partial charge >= 0.3 is 6.09 Å². The van der Waals surface area contributed by atoms with Gasteiger partial charge in [-0.05, 0) is 33.8 Å². The van der Waals surface area contributed by atoms with Crippen LogP contribution in [0.4, 0.5) is 4.79 Å². The number of aryl methyl sites for hydroxylation is 2. The maximum atomic E-state index is 11.6. The topological polar surface area (TPSA) is 73.2 Å². The number of alkyl carbamates (subject to hydrolysis) is 1. The van der Waals surface area contributed by atoms with Gasteiger partial charge in [0.1, 0.15) is 17.9 Å². The van der Waals surface area contributed by atoms with Gasteiger partial charge in [-0.2, -0.15) is 5.10 Å². The molecule has 6 heteroatoms. The van der Waals surface area contributed by atoms with Gasteiger partial charge in [-0.15, -0.1) is 0 Å². The zero-order valence-electron chi connectivity index (χ0n) is 11.4. The molecule has 0 saturated carbocycles. The fraction of sp³-hybridized carbons (Fsp3) is 0.583. The molecule has 1 heterocycles.